The average molecular weight is 323 g/mol. The van der Waals surface area contributed by atoms with Gasteiger partial charge in [-0.2, -0.15) is 13.1 Å². The van der Waals surface area contributed by atoms with Crippen LogP contribution in [0.4, 0.5) is 5.69 Å². The maximum absolute atomic E-state index is 11.7. The highest BCUT2D eigenvalue weighted by molar-refractivity contribution is 7.90. The summed E-state index contributed by atoms with van der Waals surface area (Å²) in [5, 5.41) is 11.5. The molecule has 0 unspecified atom stereocenters. The lowest BCUT2D eigenvalue weighted by Crippen LogP contribution is -2.32. The molecule has 0 atom stereocenters. The van der Waals surface area contributed by atoms with Gasteiger partial charge in [0.05, 0.1) is 17.3 Å². The number of rotatable bonds is 7. The molecule has 0 heterocycles. The van der Waals surface area contributed by atoms with Crippen LogP contribution in [-0.4, -0.2) is 39.7 Å². The predicted octanol–water partition coefficient (Wildman–Crippen LogP) is 0.327. The van der Waals surface area contributed by atoms with E-state index in [1.54, 1.807) is 0 Å². The third kappa shape index (κ3) is 4.85. The lowest BCUT2D eigenvalue weighted by atomic mass is 10.2. The summed E-state index contributed by atoms with van der Waals surface area (Å²) in [6.07, 6.45) is 0. The molecule has 0 aromatic heterocycles. The fourth-order valence-corrected chi connectivity index (χ4v) is 2.45. The molecule has 1 aromatic carbocycles. The molecule has 0 aliphatic rings. The summed E-state index contributed by atoms with van der Waals surface area (Å²) in [6.45, 7) is 0.378. The van der Waals surface area contributed by atoms with Gasteiger partial charge in [-0.25, -0.2) is 0 Å². The van der Waals surface area contributed by atoms with Crippen molar-refractivity contribution in [2.75, 3.05) is 25.0 Å². The summed E-state index contributed by atoms with van der Waals surface area (Å²) in [5.41, 5.74) is 5.94. The van der Waals surface area contributed by atoms with Crippen molar-refractivity contribution < 1.29 is 18.4 Å². The number of hydrogen-bond donors (Lipinski definition) is 4. The highest BCUT2D eigenvalue weighted by Gasteiger charge is 2.12. The lowest BCUT2D eigenvalue weighted by Gasteiger charge is -2.11. The summed E-state index contributed by atoms with van der Waals surface area (Å²) >= 11 is 5.93. The van der Waals surface area contributed by atoms with Crippen LogP contribution in [0.3, 0.4) is 0 Å². The summed E-state index contributed by atoms with van der Waals surface area (Å²) in [5.74, 6) is -0.125. The maximum Gasteiger partial charge on any atom is 0.299 e. The van der Waals surface area contributed by atoms with Crippen LogP contribution in [0.5, 0.6) is 0 Å². The van der Waals surface area contributed by atoms with E-state index in [9.17, 15) is 8.42 Å². The van der Waals surface area contributed by atoms with Crippen molar-refractivity contribution >= 4 is 33.3 Å². The van der Waals surface area contributed by atoms with Gasteiger partial charge in [-0.1, -0.05) is 16.8 Å². The van der Waals surface area contributed by atoms with E-state index < -0.39 is 10.2 Å². The first kappa shape index (κ1) is 16.5. The number of nitrogens with two attached hydrogens (primary N) is 1. The number of nitrogens with zero attached hydrogens (tertiary/aromatic N) is 1. The van der Waals surface area contributed by atoms with E-state index >= 15 is 0 Å². The molecule has 0 radical (unpaired) electrons. The zero-order valence-corrected chi connectivity index (χ0v) is 12.2. The SMILES string of the molecule is COCCNS(=O)(=O)Nc1ccc(/C(N)=N/O)cc1Cl. The number of oxime groups is 1. The van der Waals surface area contributed by atoms with Crippen LogP contribution in [0.15, 0.2) is 23.4 Å². The smallest absolute Gasteiger partial charge is 0.299 e. The number of ether oxygens (including phenoxy) is 1. The molecule has 0 bridgehead atoms. The Hall–Kier alpha value is -1.55. The molecule has 20 heavy (non-hydrogen) atoms. The van der Waals surface area contributed by atoms with E-state index in [-0.39, 0.29) is 29.7 Å². The van der Waals surface area contributed by atoms with E-state index in [1.807, 2.05) is 0 Å². The van der Waals surface area contributed by atoms with Crippen molar-refractivity contribution in [3.05, 3.63) is 28.8 Å². The Morgan fingerprint density at radius 3 is 2.80 bits per heavy atom. The Morgan fingerprint density at radius 1 is 1.55 bits per heavy atom. The number of methoxy groups -OCH3 is 1. The second-order valence-electron chi connectivity index (χ2n) is 3.67. The quantitative estimate of drug-likeness (QED) is 0.189. The molecule has 0 fully saturated rings. The van der Waals surface area contributed by atoms with Crippen molar-refractivity contribution in [2.24, 2.45) is 10.9 Å². The van der Waals surface area contributed by atoms with Crippen LogP contribution in [0.25, 0.3) is 0 Å². The van der Waals surface area contributed by atoms with E-state index in [2.05, 4.69) is 14.6 Å². The molecule has 5 N–H and O–H groups in total. The van der Waals surface area contributed by atoms with E-state index in [4.69, 9.17) is 27.3 Å². The summed E-state index contributed by atoms with van der Waals surface area (Å²) < 4.78 is 32.6. The number of anilines is 1. The number of halogens is 1. The van der Waals surface area contributed by atoms with Gasteiger partial charge in [0.1, 0.15) is 0 Å². The Balaban J connectivity index is 2.83. The Labute approximate surface area is 121 Å². The van der Waals surface area contributed by atoms with Gasteiger partial charge in [0.25, 0.3) is 10.2 Å². The first-order chi connectivity index (χ1) is 9.39. The van der Waals surface area contributed by atoms with Gasteiger partial charge in [0.2, 0.25) is 0 Å². The standard InChI is InChI=1S/C10H15ClN4O4S/c1-19-5-4-13-20(17,18)15-9-3-2-7(6-8(9)11)10(12)14-16/h2-3,6,13,15-16H,4-5H2,1H3,(H2,12,14). The topological polar surface area (TPSA) is 126 Å². The molecule has 0 spiro atoms. The average Bonchev–Trinajstić information content (AvgIpc) is 2.40. The predicted molar refractivity (Wildman–Crippen MR) is 76.4 cm³/mol. The van der Waals surface area contributed by atoms with E-state index in [0.717, 1.165) is 0 Å². The van der Waals surface area contributed by atoms with Gasteiger partial charge in [-0.3, -0.25) is 4.72 Å². The minimum absolute atomic E-state index is 0.117. The van der Waals surface area contributed by atoms with Crippen LogP contribution in [-0.2, 0) is 14.9 Å². The Kier molecular flexibility index (Phi) is 6.02. The van der Waals surface area contributed by atoms with Crippen LogP contribution >= 0.6 is 11.6 Å². The second kappa shape index (κ2) is 7.29. The molecule has 8 nitrogen and oxygen atoms in total. The zero-order valence-electron chi connectivity index (χ0n) is 10.6. The van der Waals surface area contributed by atoms with Crippen LogP contribution in [0.2, 0.25) is 5.02 Å². The lowest BCUT2D eigenvalue weighted by molar-refractivity contribution is 0.204. The van der Waals surface area contributed by atoms with Gasteiger partial charge in [0, 0.05) is 19.2 Å². The van der Waals surface area contributed by atoms with Crippen molar-refractivity contribution in [1.82, 2.24) is 4.72 Å². The minimum Gasteiger partial charge on any atom is -0.409 e. The van der Waals surface area contributed by atoms with Gasteiger partial charge in [0.15, 0.2) is 5.84 Å². The van der Waals surface area contributed by atoms with Gasteiger partial charge >= 0.3 is 0 Å². The minimum atomic E-state index is -3.74. The molecule has 0 amide bonds. The number of amidine groups is 1. The molecule has 112 valence electrons. The summed E-state index contributed by atoms with van der Waals surface area (Å²) in [6, 6.07) is 4.25. The molecule has 0 saturated carbocycles. The molecule has 1 aromatic rings. The fraction of sp³-hybridized carbons (Fsp3) is 0.300. The van der Waals surface area contributed by atoms with E-state index in [1.165, 1.54) is 25.3 Å². The molecule has 0 saturated heterocycles. The summed E-state index contributed by atoms with van der Waals surface area (Å²) in [4.78, 5) is 0. The van der Waals surface area contributed by atoms with Crippen LogP contribution in [0, 0.1) is 0 Å². The van der Waals surface area contributed by atoms with Gasteiger partial charge < -0.3 is 15.7 Å². The van der Waals surface area contributed by atoms with Gasteiger partial charge in [-0.15, -0.1) is 0 Å². The number of hydrogen-bond acceptors (Lipinski definition) is 5. The zero-order chi connectivity index (χ0) is 15.2. The molecular formula is C10H15ClN4O4S. The molecular weight excluding hydrogens is 308 g/mol. The maximum atomic E-state index is 11.7. The molecule has 10 heteroatoms. The summed E-state index contributed by atoms with van der Waals surface area (Å²) in [7, 11) is -2.28. The third-order valence-corrected chi connectivity index (χ3v) is 3.60. The van der Waals surface area contributed by atoms with Gasteiger partial charge in [-0.05, 0) is 18.2 Å². The molecule has 1 rings (SSSR count). The third-order valence-electron chi connectivity index (χ3n) is 2.22. The Morgan fingerprint density at radius 2 is 2.25 bits per heavy atom. The first-order valence-corrected chi connectivity index (χ1v) is 7.29. The van der Waals surface area contributed by atoms with Crippen LogP contribution in [0.1, 0.15) is 5.56 Å². The van der Waals surface area contributed by atoms with Crippen LogP contribution < -0.4 is 15.2 Å². The number of nitrogens with one attached hydrogen (secondary N) is 2. The highest BCUT2D eigenvalue weighted by atomic mass is 35.5. The Bertz CT molecular complexity index is 591. The van der Waals surface area contributed by atoms with Crippen molar-refractivity contribution in [3.8, 4) is 0 Å². The highest BCUT2D eigenvalue weighted by Crippen LogP contribution is 2.23. The van der Waals surface area contributed by atoms with Crippen molar-refractivity contribution in [3.63, 3.8) is 0 Å². The normalized spacial score (nSPS) is 12.4. The largest absolute Gasteiger partial charge is 0.409 e. The fourth-order valence-electron chi connectivity index (χ4n) is 1.27. The first-order valence-electron chi connectivity index (χ1n) is 5.43. The molecule has 0 aliphatic carbocycles. The number of benzene rings is 1. The van der Waals surface area contributed by atoms with Crippen molar-refractivity contribution in [2.45, 2.75) is 0 Å². The monoisotopic (exact) mass is 322 g/mol. The van der Waals surface area contributed by atoms with E-state index in [0.29, 0.717) is 5.56 Å². The van der Waals surface area contributed by atoms with Crippen molar-refractivity contribution in [1.29, 1.82) is 0 Å². The second-order valence-corrected chi connectivity index (χ2v) is 5.58. The molecule has 0 aliphatic heterocycles.